The first-order valence-corrected chi connectivity index (χ1v) is 9.37. The first-order chi connectivity index (χ1) is 13.0. The molecule has 1 atom stereocenters. The number of aryl methyl sites for hydroxylation is 2. The van der Waals surface area contributed by atoms with Gasteiger partial charge in [0.05, 0.1) is 17.0 Å². The maximum absolute atomic E-state index is 12.7. The number of ketones is 1. The molecular formula is C22H20ClN3O. The van der Waals surface area contributed by atoms with Crippen LogP contribution in [0.15, 0.2) is 48.5 Å². The van der Waals surface area contributed by atoms with Crippen LogP contribution in [0.3, 0.4) is 0 Å². The minimum absolute atomic E-state index is 0.107. The molecule has 0 aliphatic heterocycles. The number of halogens is 1. The molecule has 1 N–H and O–H groups in total. The summed E-state index contributed by atoms with van der Waals surface area (Å²) < 4.78 is 0. The zero-order chi connectivity index (χ0) is 19.0. The van der Waals surface area contributed by atoms with Gasteiger partial charge in [-0.15, -0.1) is 0 Å². The number of carbonyl (C=O) groups is 1. The zero-order valence-corrected chi connectivity index (χ0v) is 16.0. The van der Waals surface area contributed by atoms with E-state index in [1.807, 2.05) is 62.4 Å². The highest BCUT2D eigenvalue weighted by Gasteiger charge is 2.29. The summed E-state index contributed by atoms with van der Waals surface area (Å²) in [7, 11) is 0. The summed E-state index contributed by atoms with van der Waals surface area (Å²) >= 11 is 5.99. The highest BCUT2D eigenvalue weighted by atomic mass is 35.5. The lowest BCUT2D eigenvalue weighted by atomic mass is 9.81. The van der Waals surface area contributed by atoms with Gasteiger partial charge < -0.3 is 5.32 Å². The van der Waals surface area contributed by atoms with Gasteiger partial charge in [-0.1, -0.05) is 41.4 Å². The van der Waals surface area contributed by atoms with Gasteiger partial charge >= 0.3 is 0 Å². The lowest BCUT2D eigenvalue weighted by Gasteiger charge is -2.24. The predicted molar refractivity (Wildman–Crippen MR) is 108 cm³/mol. The Kier molecular flexibility index (Phi) is 4.66. The molecule has 1 aromatic heterocycles. The molecule has 0 bridgehead atoms. The van der Waals surface area contributed by atoms with Crippen LogP contribution in [0, 0.1) is 13.8 Å². The van der Waals surface area contributed by atoms with Crippen molar-refractivity contribution in [2.24, 2.45) is 0 Å². The number of hydrogen-bond donors (Lipinski definition) is 1. The molecule has 1 aliphatic rings. The second kappa shape index (κ2) is 7.12. The SMILES string of the molecule is Cc1ccc(Nc2nc(C)c3c(n2)CC(c2ccc(Cl)cc2)CC3=O)cc1. The molecule has 0 fully saturated rings. The van der Waals surface area contributed by atoms with E-state index in [-0.39, 0.29) is 11.7 Å². The van der Waals surface area contributed by atoms with Gasteiger partial charge in [-0.05, 0) is 56.0 Å². The van der Waals surface area contributed by atoms with E-state index in [9.17, 15) is 4.79 Å². The van der Waals surface area contributed by atoms with Crippen LogP contribution in [0.2, 0.25) is 5.02 Å². The number of anilines is 2. The number of fused-ring (bicyclic) bond motifs is 1. The van der Waals surface area contributed by atoms with Crippen molar-refractivity contribution in [3.05, 3.63) is 81.6 Å². The predicted octanol–water partition coefficient (Wildman–Crippen LogP) is 5.40. The first-order valence-electron chi connectivity index (χ1n) is 8.99. The topological polar surface area (TPSA) is 54.9 Å². The third-order valence-electron chi connectivity index (χ3n) is 4.96. The molecule has 1 heterocycles. The van der Waals surface area contributed by atoms with Crippen LogP contribution in [0.5, 0.6) is 0 Å². The summed E-state index contributed by atoms with van der Waals surface area (Å²) in [5.41, 5.74) is 5.45. The van der Waals surface area contributed by atoms with E-state index in [1.165, 1.54) is 5.56 Å². The minimum Gasteiger partial charge on any atom is -0.324 e. The Morgan fingerprint density at radius 3 is 2.37 bits per heavy atom. The molecule has 136 valence electrons. The first kappa shape index (κ1) is 17.7. The summed E-state index contributed by atoms with van der Waals surface area (Å²) in [4.78, 5) is 21.9. The number of nitrogens with one attached hydrogen (secondary N) is 1. The monoisotopic (exact) mass is 377 g/mol. The standard InChI is InChI=1S/C22H20ClN3O/c1-13-3-9-18(10-4-13)25-22-24-14(2)21-19(26-22)11-16(12-20(21)27)15-5-7-17(23)8-6-15/h3-10,16H,11-12H2,1-2H3,(H,24,25,26). The van der Waals surface area contributed by atoms with Crippen molar-refractivity contribution in [3.63, 3.8) is 0 Å². The average molecular weight is 378 g/mol. The molecular weight excluding hydrogens is 358 g/mol. The molecule has 0 amide bonds. The van der Waals surface area contributed by atoms with E-state index < -0.39 is 0 Å². The van der Waals surface area contributed by atoms with E-state index >= 15 is 0 Å². The number of aromatic nitrogens is 2. The number of carbonyl (C=O) groups excluding carboxylic acids is 1. The maximum atomic E-state index is 12.7. The van der Waals surface area contributed by atoms with Crippen LogP contribution in [-0.4, -0.2) is 15.8 Å². The number of rotatable bonds is 3. The van der Waals surface area contributed by atoms with Crippen LogP contribution in [0.4, 0.5) is 11.6 Å². The van der Waals surface area contributed by atoms with Crippen LogP contribution in [0.1, 0.15) is 45.2 Å². The molecule has 3 aromatic rings. The summed E-state index contributed by atoms with van der Waals surface area (Å²) in [5.74, 6) is 0.749. The van der Waals surface area contributed by atoms with E-state index in [0.29, 0.717) is 29.4 Å². The molecule has 0 spiro atoms. The van der Waals surface area contributed by atoms with Gasteiger partial charge in [0, 0.05) is 17.1 Å². The summed E-state index contributed by atoms with van der Waals surface area (Å²) in [5, 5.41) is 3.95. The lowest BCUT2D eigenvalue weighted by molar-refractivity contribution is 0.0962. The maximum Gasteiger partial charge on any atom is 0.227 e. The van der Waals surface area contributed by atoms with E-state index in [4.69, 9.17) is 11.6 Å². The van der Waals surface area contributed by atoms with Gasteiger partial charge in [0.25, 0.3) is 0 Å². The molecule has 0 saturated carbocycles. The van der Waals surface area contributed by atoms with Crippen molar-refractivity contribution in [2.75, 3.05) is 5.32 Å². The van der Waals surface area contributed by atoms with Gasteiger partial charge in [-0.3, -0.25) is 4.79 Å². The fourth-order valence-electron chi connectivity index (χ4n) is 3.57. The Bertz CT molecular complexity index is 997. The Hall–Kier alpha value is -2.72. The highest BCUT2D eigenvalue weighted by Crippen LogP contribution is 2.34. The molecule has 0 radical (unpaired) electrons. The third kappa shape index (κ3) is 3.71. The molecule has 2 aromatic carbocycles. The number of nitrogens with zero attached hydrogens (tertiary/aromatic N) is 2. The van der Waals surface area contributed by atoms with Gasteiger partial charge in [-0.25, -0.2) is 9.97 Å². The average Bonchev–Trinajstić information content (AvgIpc) is 2.63. The van der Waals surface area contributed by atoms with E-state index in [2.05, 4.69) is 15.3 Å². The van der Waals surface area contributed by atoms with Gasteiger partial charge in [0.1, 0.15) is 0 Å². The van der Waals surface area contributed by atoms with Crippen molar-refractivity contribution in [1.29, 1.82) is 0 Å². The van der Waals surface area contributed by atoms with E-state index in [0.717, 1.165) is 22.6 Å². The summed E-state index contributed by atoms with van der Waals surface area (Å²) in [6.45, 7) is 3.92. The van der Waals surface area contributed by atoms with Crippen LogP contribution in [0.25, 0.3) is 0 Å². The van der Waals surface area contributed by atoms with Crippen LogP contribution >= 0.6 is 11.6 Å². The van der Waals surface area contributed by atoms with Crippen molar-refractivity contribution in [1.82, 2.24) is 9.97 Å². The van der Waals surface area contributed by atoms with Gasteiger partial charge in [-0.2, -0.15) is 0 Å². The number of hydrogen-bond acceptors (Lipinski definition) is 4. The summed E-state index contributed by atoms with van der Waals surface area (Å²) in [6, 6.07) is 15.8. The Morgan fingerprint density at radius 1 is 0.963 bits per heavy atom. The molecule has 27 heavy (non-hydrogen) atoms. The number of benzene rings is 2. The van der Waals surface area contributed by atoms with Gasteiger partial charge in [0.2, 0.25) is 5.95 Å². The molecule has 0 saturated heterocycles. The Balaban J connectivity index is 1.65. The van der Waals surface area contributed by atoms with Crippen LogP contribution < -0.4 is 5.32 Å². The quantitative estimate of drug-likeness (QED) is 0.663. The van der Waals surface area contributed by atoms with E-state index in [1.54, 1.807) is 0 Å². The lowest BCUT2D eigenvalue weighted by Crippen LogP contribution is -2.22. The molecule has 5 heteroatoms. The van der Waals surface area contributed by atoms with Crippen molar-refractivity contribution in [2.45, 2.75) is 32.6 Å². The highest BCUT2D eigenvalue weighted by molar-refractivity contribution is 6.30. The van der Waals surface area contributed by atoms with Crippen LogP contribution in [-0.2, 0) is 6.42 Å². The van der Waals surface area contributed by atoms with Crippen molar-refractivity contribution >= 4 is 29.0 Å². The van der Waals surface area contributed by atoms with Crippen molar-refractivity contribution in [3.8, 4) is 0 Å². The second-order valence-corrected chi connectivity index (χ2v) is 7.46. The second-order valence-electron chi connectivity index (χ2n) is 7.03. The normalized spacial score (nSPS) is 16.1. The smallest absolute Gasteiger partial charge is 0.227 e. The fourth-order valence-corrected chi connectivity index (χ4v) is 3.69. The summed E-state index contributed by atoms with van der Waals surface area (Å²) in [6.07, 6.45) is 1.19. The minimum atomic E-state index is 0.107. The number of Topliss-reactive ketones (excluding diaryl/α,β-unsaturated/α-hetero) is 1. The largest absolute Gasteiger partial charge is 0.324 e. The Labute approximate surface area is 163 Å². The fraction of sp³-hybridized carbons (Fsp3) is 0.227. The Morgan fingerprint density at radius 2 is 1.67 bits per heavy atom. The molecule has 1 aliphatic carbocycles. The molecule has 4 rings (SSSR count). The zero-order valence-electron chi connectivity index (χ0n) is 15.3. The third-order valence-corrected chi connectivity index (χ3v) is 5.22. The molecule has 1 unspecified atom stereocenters. The van der Waals surface area contributed by atoms with Gasteiger partial charge in [0.15, 0.2) is 5.78 Å². The molecule has 4 nitrogen and oxygen atoms in total. The van der Waals surface area contributed by atoms with Crippen molar-refractivity contribution < 1.29 is 4.79 Å².